The van der Waals surface area contributed by atoms with Gasteiger partial charge in [0.05, 0.1) is 0 Å². The average Bonchev–Trinajstić information content (AvgIpc) is 2.56. The van der Waals surface area contributed by atoms with Crippen LogP contribution in [0.5, 0.6) is 0 Å². The van der Waals surface area contributed by atoms with Crippen molar-refractivity contribution in [1.29, 1.82) is 0 Å². The molecule has 2 aromatic carbocycles. The van der Waals surface area contributed by atoms with Gasteiger partial charge in [-0.25, -0.2) is 0 Å². The van der Waals surface area contributed by atoms with Gasteiger partial charge in [-0.05, 0) is 25.0 Å². The second kappa shape index (κ2) is 9.21. The van der Waals surface area contributed by atoms with E-state index in [1.165, 1.54) is 11.1 Å². The van der Waals surface area contributed by atoms with Crippen LogP contribution in [-0.4, -0.2) is 34.6 Å². The fraction of sp³-hybridized carbons (Fsp3) is 0.350. The van der Waals surface area contributed by atoms with Gasteiger partial charge >= 0.3 is 5.97 Å². The molecule has 24 heavy (non-hydrogen) atoms. The van der Waals surface area contributed by atoms with Crippen molar-refractivity contribution >= 4 is 5.97 Å². The topological polar surface area (TPSA) is 52.6 Å². The number of rotatable bonds is 9. The molecular weight excluding hydrogens is 300 g/mol. The van der Waals surface area contributed by atoms with Crippen molar-refractivity contribution < 1.29 is 9.90 Å². The van der Waals surface area contributed by atoms with Crippen LogP contribution < -0.4 is 5.32 Å². The van der Waals surface area contributed by atoms with Crippen molar-refractivity contribution in [3.05, 3.63) is 71.8 Å². The molecule has 0 aromatic heterocycles. The van der Waals surface area contributed by atoms with Crippen molar-refractivity contribution in [1.82, 2.24) is 10.2 Å². The van der Waals surface area contributed by atoms with E-state index in [-0.39, 0.29) is 6.04 Å². The van der Waals surface area contributed by atoms with Gasteiger partial charge in [-0.1, -0.05) is 60.7 Å². The van der Waals surface area contributed by atoms with Gasteiger partial charge in [0.2, 0.25) is 0 Å². The third-order valence-corrected chi connectivity index (χ3v) is 3.94. The van der Waals surface area contributed by atoms with E-state index in [4.69, 9.17) is 5.11 Å². The Morgan fingerprint density at radius 1 is 0.958 bits per heavy atom. The predicted molar refractivity (Wildman–Crippen MR) is 96.7 cm³/mol. The molecule has 0 aliphatic rings. The monoisotopic (exact) mass is 326 g/mol. The van der Waals surface area contributed by atoms with Gasteiger partial charge in [0.25, 0.3) is 0 Å². The second-order valence-electron chi connectivity index (χ2n) is 6.27. The zero-order valence-electron chi connectivity index (χ0n) is 14.4. The van der Waals surface area contributed by atoms with Crippen LogP contribution in [-0.2, 0) is 17.9 Å². The molecule has 2 rings (SSSR count). The summed E-state index contributed by atoms with van der Waals surface area (Å²) in [5.74, 6) is -0.820. The molecule has 0 fully saturated rings. The summed E-state index contributed by atoms with van der Waals surface area (Å²) in [6, 6.07) is 20.2. The first-order chi connectivity index (χ1) is 11.5. The molecule has 2 aromatic rings. The Labute approximate surface area is 144 Å². The molecule has 0 saturated heterocycles. The van der Waals surface area contributed by atoms with E-state index in [1.54, 1.807) is 6.92 Å². The lowest BCUT2D eigenvalue weighted by Crippen LogP contribution is -2.45. The first-order valence-electron chi connectivity index (χ1n) is 8.33. The van der Waals surface area contributed by atoms with Crippen LogP contribution in [0.15, 0.2) is 60.7 Å². The lowest BCUT2D eigenvalue weighted by molar-refractivity contribution is -0.139. The zero-order valence-corrected chi connectivity index (χ0v) is 14.4. The smallest absolute Gasteiger partial charge is 0.320 e. The summed E-state index contributed by atoms with van der Waals surface area (Å²) in [6.07, 6.45) is 0. The van der Waals surface area contributed by atoms with E-state index in [1.807, 2.05) is 43.3 Å². The number of carbonyl (C=O) groups is 1. The first-order valence-corrected chi connectivity index (χ1v) is 8.33. The summed E-state index contributed by atoms with van der Waals surface area (Å²) in [5, 5.41) is 12.2. The van der Waals surface area contributed by atoms with Crippen molar-refractivity contribution in [2.75, 3.05) is 6.54 Å². The summed E-state index contributed by atoms with van der Waals surface area (Å²) in [5.41, 5.74) is 2.51. The quantitative estimate of drug-likeness (QED) is 0.743. The van der Waals surface area contributed by atoms with Crippen molar-refractivity contribution in [3.63, 3.8) is 0 Å². The van der Waals surface area contributed by atoms with Crippen LogP contribution in [0.4, 0.5) is 0 Å². The van der Waals surface area contributed by atoms with E-state index in [2.05, 4.69) is 34.5 Å². The number of carboxylic acids is 1. The highest BCUT2D eigenvalue weighted by atomic mass is 16.4. The van der Waals surface area contributed by atoms with E-state index < -0.39 is 12.0 Å². The lowest BCUT2D eigenvalue weighted by Gasteiger charge is -2.27. The second-order valence-corrected chi connectivity index (χ2v) is 6.27. The number of aliphatic carboxylic acids is 1. The maximum absolute atomic E-state index is 11.0. The molecule has 128 valence electrons. The fourth-order valence-corrected chi connectivity index (χ4v) is 2.81. The summed E-state index contributed by atoms with van der Waals surface area (Å²) in [7, 11) is 0. The minimum atomic E-state index is -0.820. The maximum atomic E-state index is 11.0. The van der Waals surface area contributed by atoms with Crippen LogP contribution in [0.1, 0.15) is 25.0 Å². The summed E-state index contributed by atoms with van der Waals surface area (Å²) < 4.78 is 0. The number of nitrogens with one attached hydrogen (secondary N) is 1. The molecule has 0 amide bonds. The molecule has 2 N–H and O–H groups in total. The normalized spacial score (nSPS) is 13.6. The molecule has 0 spiro atoms. The maximum Gasteiger partial charge on any atom is 0.320 e. The number of hydrogen-bond donors (Lipinski definition) is 2. The van der Waals surface area contributed by atoms with Gasteiger partial charge in [-0.3, -0.25) is 9.69 Å². The van der Waals surface area contributed by atoms with Crippen LogP contribution in [0, 0.1) is 0 Å². The highest BCUT2D eigenvalue weighted by molar-refractivity contribution is 5.72. The Bertz CT molecular complexity index is 575. The molecule has 2 unspecified atom stereocenters. The van der Waals surface area contributed by atoms with Crippen LogP contribution in [0.2, 0.25) is 0 Å². The Kier molecular flexibility index (Phi) is 6.97. The standard InChI is InChI=1S/C20H26N2O2/c1-16(21-17(2)20(23)24)13-22(14-18-9-5-3-6-10-18)15-19-11-7-4-8-12-19/h3-12,16-17,21H,13-15H2,1-2H3,(H,23,24). The minimum absolute atomic E-state index is 0.0866. The first kappa shape index (κ1) is 18.2. The molecule has 4 nitrogen and oxygen atoms in total. The molecule has 0 bridgehead atoms. The summed E-state index contributed by atoms with van der Waals surface area (Å²) in [6.45, 7) is 6.16. The van der Waals surface area contributed by atoms with Gasteiger partial charge in [0.15, 0.2) is 0 Å². The molecule has 0 heterocycles. The Morgan fingerprint density at radius 3 is 1.83 bits per heavy atom. The molecular formula is C20H26N2O2. The van der Waals surface area contributed by atoms with Gasteiger partial charge in [0.1, 0.15) is 6.04 Å². The largest absolute Gasteiger partial charge is 0.480 e. The van der Waals surface area contributed by atoms with Gasteiger partial charge in [-0.15, -0.1) is 0 Å². The van der Waals surface area contributed by atoms with Crippen molar-refractivity contribution in [3.8, 4) is 0 Å². The van der Waals surface area contributed by atoms with E-state index >= 15 is 0 Å². The molecule has 0 saturated carbocycles. The predicted octanol–water partition coefficient (Wildman–Crippen LogP) is 3.14. The third kappa shape index (κ3) is 6.14. The van der Waals surface area contributed by atoms with Crippen LogP contribution >= 0.6 is 0 Å². The number of nitrogens with zero attached hydrogens (tertiary/aromatic N) is 1. The van der Waals surface area contributed by atoms with E-state index in [9.17, 15) is 4.79 Å². The van der Waals surface area contributed by atoms with Gasteiger partial charge < -0.3 is 10.4 Å². The van der Waals surface area contributed by atoms with Gasteiger partial charge in [-0.2, -0.15) is 0 Å². The molecule has 0 aliphatic heterocycles. The molecule has 2 atom stereocenters. The fourth-order valence-electron chi connectivity index (χ4n) is 2.81. The summed E-state index contributed by atoms with van der Waals surface area (Å²) >= 11 is 0. The third-order valence-electron chi connectivity index (χ3n) is 3.94. The van der Waals surface area contributed by atoms with Crippen LogP contribution in [0.3, 0.4) is 0 Å². The number of carboxylic acid groups (broad SMARTS) is 1. The summed E-state index contributed by atoms with van der Waals surface area (Å²) in [4.78, 5) is 13.4. The number of hydrogen-bond acceptors (Lipinski definition) is 3. The molecule has 4 heteroatoms. The lowest BCUT2D eigenvalue weighted by atomic mass is 10.1. The highest BCUT2D eigenvalue weighted by Gasteiger charge is 2.17. The van der Waals surface area contributed by atoms with Crippen LogP contribution in [0.25, 0.3) is 0 Å². The van der Waals surface area contributed by atoms with Crippen molar-refractivity contribution in [2.24, 2.45) is 0 Å². The average molecular weight is 326 g/mol. The Morgan fingerprint density at radius 2 is 1.42 bits per heavy atom. The highest BCUT2D eigenvalue weighted by Crippen LogP contribution is 2.11. The van der Waals surface area contributed by atoms with Crippen molar-refractivity contribution in [2.45, 2.75) is 39.0 Å². The SMILES string of the molecule is CC(CN(Cc1ccccc1)Cc1ccccc1)NC(C)C(=O)O. The Hall–Kier alpha value is -2.17. The molecule has 0 aliphatic carbocycles. The van der Waals surface area contributed by atoms with E-state index in [0.717, 1.165) is 19.6 Å². The number of benzene rings is 2. The molecule has 0 radical (unpaired) electrons. The van der Waals surface area contributed by atoms with E-state index in [0.29, 0.717) is 0 Å². The van der Waals surface area contributed by atoms with Gasteiger partial charge in [0, 0.05) is 25.7 Å². The zero-order chi connectivity index (χ0) is 17.4. The minimum Gasteiger partial charge on any atom is -0.480 e. The Balaban J connectivity index is 2.03.